The lowest BCUT2D eigenvalue weighted by Crippen LogP contribution is -2.24. The van der Waals surface area contributed by atoms with Gasteiger partial charge in [-0.3, -0.25) is 4.90 Å². The first-order chi connectivity index (χ1) is 19.4. The number of hydrogen-bond acceptors (Lipinski definition) is 6. The predicted molar refractivity (Wildman–Crippen MR) is 156 cm³/mol. The van der Waals surface area contributed by atoms with Crippen LogP contribution in [0.15, 0.2) is 78.9 Å². The maximum absolute atomic E-state index is 11.9. The van der Waals surface area contributed by atoms with Crippen molar-refractivity contribution in [3.63, 3.8) is 0 Å². The molecule has 7 nitrogen and oxygen atoms in total. The highest BCUT2D eigenvalue weighted by molar-refractivity contribution is 6.30. The molecular weight excluding hydrogens is 526 g/mol. The Bertz CT molecular complexity index is 1360. The fourth-order valence-electron chi connectivity index (χ4n) is 4.60. The quantitative estimate of drug-likeness (QED) is 0.178. The molecule has 4 aromatic rings. The second-order valence-electron chi connectivity index (χ2n) is 9.57. The average Bonchev–Trinajstić information content (AvgIpc) is 3.30. The summed E-state index contributed by atoms with van der Waals surface area (Å²) in [6, 6.07) is 24.9. The van der Waals surface area contributed by atoms with Crippen molar-refractivity contribution in [1.82, 2.24) is 14.5 Å². The Kier molecular flexibility index (Phi) is 10.1. The van der Waals surface area contributed by atoms with Gasteiger partial charge in [-0.15, -0.1) is 0 Å². The van der Waals surface area contributed by atoms with Gasteiger partial charge in [0.05, 0.1) is 31.0 Å². The molecule has 4 rings (SSSR count). The maximum Gasteiger partial charge on any atom is 0.337 e. The van der Waals surface area contributed by atoms with Crippen LogP contribution in [0, 0.1) is 0 Å². The third kappa shape index (κ3) is 7.17. The average molecular weight is 560 g/mol. The first kappa shape index (κ1) is 29.1. The van der Waals surface area contributed by atoms with Crippen molar-refractivity contribution in [3.8, 4) is 11.4 Å². The molecule has 0 fully saturated rings. The van der Waals surface area contributed by atoms with Crippen LogP contribution in [0.1, 0.15) is 57.3 Å². The molecule has 0 aliphatic carbocycles. The summed E-state index contributed by atoms with van der Waals surface area (Å²) in [5, 5.41) is 0.488. The van der Waals surface area contributed by atoms with Gasteiger partial charge in [-0.25, -0.2) is 14.6 Å². The van der Waals surface area contributed by atoms with Crippen LogP contribution in [0.2, 0.25) is 5.15 Å². The first-order valence-electron chi connectivity index (χ1n) is 13.3. The first-order valence-corrected chi connectivity index (χ1v) is 13.7. The van der Waals surface area contributed by atoms with Crippen molar-refractivity contribution >= 4 is 23.5 Å². The largest absolute Gasteiger partial charge is 0.465 e. The minimum absolute atomic E-state index is 0.367. The van der Waals surface area contributed by atoms with E-state index in [1.54, 1.807) is 24.3 Å². The van der Waals surface area contributed by atoms with Gasteiger partial charge in [0.25, 0.3) is 0 Å². The van der Waals surface area contributed by atoms with E-state index < -0.39 is 0 Å². The number of halogens is 1. The summed E-state index contributed by atoms with van der Waals surface area (Å²) in [5.74, 6) is 0.127. The van der Waals surface area contributed by atoms with Gasteiger partial charge in [-0.05, 0) is 41.8 Å². The number of hydrogen-bond donors (Lipinski definition) is 0. The maximum atomic E-state index is 11.9. The summed E-state index contributed by atoms with van der Waals surface area (Å²) in [4.78, 5) is 30.9. The summed E-state index contributed by atoms with van der Waals surface area (Å²) in [6.07, 6.45) is 2.05. The zero-order valence-corrected chi connectivity index (χ0v) is 23.9. The third-order valence-corrected chi connectivity index (χ3v) is 7.03. The van der Waals surface area contributed by atoms with E-state index in [0.717, 1.165) is 47.6 Å². The predicted octanol–water partition coefficient (Wildman–Crippen LogP) is 6.78. The van der Waals surface area contributed by atoms with Crippen molar-refractivity contribution in [2.45, 2.75) is 45.9 Å². The minimum atomic E-state index is -0.367. The fourth-order valence-corrected chi connectivity index (χ4v) is 4.84. The van der Waals surface area contributed by atoms with Crippen LogP contribution in [-0.2, 0) is 35.7 Å². The minimum Gasteiger partial charge on any atom is -0.465 e. The Morgan fingerprint density at radius 2 is 1.32 bits per heavy atom. The summed E-state index contributed by atoms with van der Waals surface area (Å²) in [6.45, 7) is 4.75. The number of methoxy groups -OCH3 is 2. The van der Waals surface area contributed by atoms with Gasteiger partial charge in [0.2, 0.25) is 0 Å². The molecule has 0 N–H and O–H groups in total. The van der Waals surface area contributed by atoms with Crippen LogP contribution < -0.4 is 0 Å². The van der Waals surface area contributed by atoms with E-state index in [1.807, 2.05) is 54.6 Å². The van der Waals surface area contributed by atoms with E-state index in [0.29, 0.717) is 35.9 Å². The number of carbonyl (C=O) groups is 2. The molecule has 0 amide bonds. The second-order valence-corrected chi connectivity index (χ2v) is 9.92. The lowest BCUT2D eigenvalue weighted by Gasteiger charge is -2.24. The molecule has 0 aliphatic heterocycles. The highest BCUT2D eigenvalue weighted by atomic mass is 35.5. The molecule has 0 unspecified atom stereocenters. The molecule has 0 radical (unpaired) electrons. The molecule has 0 bridgehead atoms. The van der Waals surface area contributed by atoms with E-state index >= 15 is 0 Å². The van der Waals surface area contributed by atoms with E-state index in [-0.39, 0.29) is 11.9 Å². The van der Waals surface area contributed by atoms with E-state index in [9.17, 15) is 9.59 Å². The van der Waals surface area contributed by atoms with Crippen LogP contribution in [0.3, 0.4) is 0 Å². The summed E-state index contributed by atoms with van der Waals surface area (Å²) in [7, 11) is 2.75. The molecule has 0 spiro atoms. The highest BCUT2D eigenvalue weighted by Crippen LogP contribution is 2.28. The van der Waals surface area contributed by atoms with Crippen molar-refractivity contribution in [2.24, 2.45) is 0 Å². The van der Waals surface area contributed by atoms with Gasteiger partial charge in [-0.1, -0.05) is 79.5 Å². The Labute approximate surface area is 240 Å². The van der Waals surface area contributed by atoms with Crippen LogP contribution in [0.5, 0.6) is 0 Å². The lowest BCUT2D eigenvalue weighted by molar-refractivity contribution is 0.0592. The number of imidazole rings is 1. The van der Waals surface area contributed by atoms with E-state index in [2.05, 4.69) is 16.4 Å². The van der Waals surface area contributed by atoms with Gasteiger partial charge < -0.3 is 14.0 Å². The standard InChI is InChI=1S/C32H34ClN3O4/c1-4-5-19-36-28(29(33)34-30(36)25-9-7-6-8-10-25)22-35(20-23-11-15-26(16-12-23)31(37)39-2)21-24-13-17-27(18-14-24)32(38)40-3/h6-18H,4-5,19-22H2,1-3H3. The second kappa shape index (κ2) is 13.9. The SMILES string of the molecule is CCCCn1c(-c2ccccc2)nc(Cl)c1CN(Cc1ccc(C(=O)OC)cc1)Cc1ccc(C(=O)OC)cc1. The van der Waals surface area contributed by atoms with Gasteiger partial charge in [0, 0.05) is 31.7 Å². The van der Waals surface area contributed by atoms with Crippen LogP contribution in [-0.4, -0.2) is 40.6 Å². The molecule has 0 atom stereocenters. The Morgan fingerprint density at radius 3 is 1.80 bits per heavy atom. The number of ether oxygens (including phenoxy) is 2. The van der Waals surface area contributed by atoms with Gasteiger partial charge in [0.15, 0.2) is 5.15 Å². The monoisotopic (exact) mass is 559 g/mol. The van der Waals surface area contributed by atoms with Gasteiger partial charge in [-0.2, -0.15) is 0 Å². The molecule has 0 aliphatic rings. The van der Waals surface area contributed by atoms with Crippen molar-refractivity contribution in [3.05, 3.63) is 112 Å². The Balaban J connectivity index is 1.67. The Hall–Kier alpha value is -3.94. The number of aromatic nitrogens is 2. The number of benzene rings is 3. The molecule has 1 aromatic heterocycles. The molecule has 1 heterocycles. The number of rotatable bonds is 12. The third-order valence-electron chi connectivity index (χ3n) is 6.73. The normalized spacial score (nSPS) is 11.0. The fraction of sp³-hybridized carbons (Fsp3) is 0.281. The summed E-state index contributed by atoms with van der Waals surface area (Å²) < 4.78 is 11.9. The molecular formula is C32H34ClN3O4. The number of nitrogens with zero attached hydrogens (tertiary/aromatic N) is 3. The molecule has 40 heavy (non-hydrogen) atoms. The van der Waals surface area contributed by atoms with Crippen molar-refractivity contribution in [1.29, 1.82) is 0 Å². The smallest absolute Gasteiger partial charge is 0.337 e. The van der Waals surface area contributed by atoms with Crippen LogP contribution in [0.25, 0.3) is 11.4 Å². The molecule has 208 valence electrons. The molecule has 8 heteroatoms. The zero-order chi connectivity index (χ0) is 28.5. The van der Waals surface area contributed by atoms with E-state index in [4.69, 9.17) is 26.1 Å². The summed E-state index contributed by atoms with van der Waals surface area (Å²) >= 11 is 6.81. The zero-order valence-electron chi connectivity index (χ0n) is 23.1. The van der Waals surface area contributed by atoms with Gasteiger partial charge >= 0.3 is 11.9 Å². The molecule has 3 aromatic carbocycles. The highest BCUT2D eigenvalue weighted by Gasteiger charge is 2.20. The number of carbonyl (C=O) groups excluding carboxylic acids is 2. The van der Waals surface area contributed by atoms with E-state index in [1.165, 1.54) is 14.2 Å². The molecule has 0 saturated heterocycles. The summed E-state index contributed by atoms with van der Waals surface area (Å²) in [5.41, 5.74) is 5.06. The Morgan fingerprint density at radius 1 is 0.800 bits per heavy atom. The number of esters is 2. The van der Waals surface area contributed by atoms with Crippen LogP contribution >= 0.6 is 11.6 Å². The van der Waals surface area contributed by atoms with Crippen molar-refractivity contribution in [2.75, 3.05) is 14.2 Å². The molecule has 0 saturated carbocycles. The lowest BCUT2D eigenvalue weighted by atomic mass is 10.1. The van der Waals surface area contributed by atoms with Gasteiger partial charge in [0.1, 0.15) is 5.82 Å². The number of unbranched alkanes of at least 4 members (excludes halogenated alkanes) is 1. The van der Waals surface area contributed by atoms with Crippen molar-refractivity contribution < 1.29 is 19.1 Å². The topological polar surface area (TPSA) is 73.7 Å². The van der Waals surface area contributed by atoms with Crippen LogP contribution in [0.4, 0.5) is 0 Å².